The van der Waals surface area contributed by atoms with Gasteiger partial charge in [-0.3, -0.25) is 0 Å². The molecule has 1 atom stereocenters. The summed E-state index contributed by atoms with van der Waals surface area (Å²) < 4.78 is 51.5. The fourth-order valence-corrected chi connectivity index (χ4v) is 5.38. The number of nitrogens with zero attached hydrogens (tertiary/aromatic N) is 1. The standard InChI is InChI=1S/C30H32BNO9S/c1-32-19-29(33)40-31(41-30(34)20-32)21-7-9-23(10-8-21)39-28-16-15-26-25(28)5-3-6-27(26)38-24-13-11-22(12-14-24)37-17-4-18-42(2,35)36/h3,5-14,19-20,28,33-34H,4,15-18H2,1-2H3/b29-19-,30-20?/t28-/m1/s1. The molecule has 0 aromatic heterocycles. The second-order valence-corrected chi connectivity index (χ2v) is 12.4. The van der Waals surface area contributed by atoms with Gasteiger partial charge < -0.3 is 38.6 Å². The highest BCUT2D eigenvalue weighted by molar-refractivity contribution is 7.90. The van der Waals surface area contributed by atoms with Crippen molar-refractivity contribution in [2.24, 2.45) is 0 Å². The van der Waals surface area contributed by atoms with E-state index in [4.69, 9.17) is 23.5 Å². The van der Waals surface area contributed by atoms with Gasteiger partial charge in [-0.1, -0.05) is 24.3 Å². The highest BCUT2D eigenvalue weighted by Gasteiger charge is 2.31. The third kappa shape index (κ3) is 7.64. The van der Waals surface area contributed by atoms with E-state index in [2.05, 4.69) is 0 Å². The Morgan fingerprint density at radius 3 is 2.24 bits per heavy atom. The van der Waals surface area contributed by atoms with E-state index in [-0.39, 0.29) is 23.7 Å². The van der Waals surface area contributed by atoms with Crippen LogP contribution in [0.25, 0.3) is 0 Å². The van der Waals surface area contributed by atoms with E-state index in [1.54, 1.807) is 43.4 Å². The number of aliphatic hydroxyl groups excluding tert-OH is 2. The predicted molar refractivity (Wildman–Crippen MR) is 158 cm³/mol. The maximum Gasteiger partial charge on any atom is 0.636 e. The number of hydrogen-bond donors (Lipinski definition) is 2. The van der Waals surface area contributed by atoms with Crippen molar-refractivity contribution in [3.05, 3.63) is 102 Å². The quantitative estimate of drug-likeness (QED) is 0.252. The summed E-state index contributed by atoms with van der Waals surface area (Å²) in [5.74, 6) is 2.13. The SMILES string of the molecule is CN1C=C(O)OB(c2ccc(O[C@@H]3CCc4c(Oc5ccc(OCCCS(C)(=O)=O)cc5)cccc43)cc2)O/C(O)=C\1. The van der Waals surface area contributed by atoms with Gasteiger partial charge in [0.1, 0.15) is 38.9 Å². The summed E-state index contributed by atoms with van der Waals surface area (Å²) in [5.41, 5.74) is 2.73. The molecule has 12 heteroatoms. The molecule has 0 unspecified atom stereocenters. The van der Waals surface area contributed by atoms with Crippen LogP contribution in [0.3, 0.4) is 0 Å². The first-order valence-electron chi connectivity index (χ1n) is 13.5. The molecule has 2 aliphatic rings. The van der Waals surface area contributed by atoms with E-state index in [0.717, 1.165) is 29.7 Å². The van der Waals surface area contributed by atoms with Crippen molar-refractivity contribution in [1.82, 2.24) is 4.90 Å². The normalized spacial score (nSPS) is 17.9. The predicted octanol–water partition coefficient (Wildman–Crippen LogP) is 4.75. The van der Waals surface area contributed by atoms with Gasteiger partial charge in [-0.05, 0) is 67.3 Å². The zero-order valence-electron chi connectivity index (χ0n) is 23.3. The summed E-state index contributed by atoms with van der Waals surface area (Å²) in [5, 5.41) is 20.0. The monoisotopic (exact) mass is 593 g/mol. The summed E-state index contributed by atoms with van der Waals surface area (Å²) in [6, 6.07) is 20.2. The lowest BCUT2D eigenvalue weighted by atomic mass is 9.79. The largest absolute Gasteiger partial charge is 0.636 e. The number of rotatable bonds is 10. The first kappa shape index (κ1) is 29.1. The molecule has 0 saturated carbocycles. The highest BCUT2D eigenvalue weighted by atomic mass is 32.2. The molecule has 3 aromatic carbocycles. The van der Waals surface area contributed by atoms with Crippen LogP contribution < -0.4 is 19.7 Å². The minimum atomic E-state index is -3.00. The molecule has 220 valence electrons. The summed E-state index contributed by atoms with van der Waals surface area (Å²) in [6.45, 7) is 0.325. The van der Waals surface area contributed by atoms with E-state index >= 15 is 0 Å². The fraction of sp³-hybridized carbons (Fsp3) is 0.267. The van der Waals surface area contributed by atoms with E-state index in [9.17, 15) is 18.6 Å². The van der Waals surface area contributed by atoms with Gasteiger partial charge in [0.2, 0.25) is 0 Å². The van der Waals surface area contributed by atoms with Gasteiger partial charge in [0.25, 0.3) is 11.9 Å². The van der Waals surface area contributed by atoms with Crippen LogP contribution in [-0.4, -0.2) is 56.3 Å². The van der Waals surface area contributed by atoms with Crippen molar-refractivity contribution in [2.75, 3.05) is 25.7 Å². The number of benzene rings is 3. The minimum absolute atomic E-state index is 0.0955. The summed E-state index contributed by atoms with van der Waals surface area (Å²) in [6.07, 6.45) is 5.72. The molecule has 0 radical (unpaired) electrons. The van der Waals surface area contributed by atoms with E-state index < -0.39 is 17.0 Å². The molecule has 5 rings (SSSR count). The van der Waals surface area contributed by atoms with Crippen molar-refractivity contribution in [2.45, 2.75) is 25.4 Å². The minimum Gasteiger partial charge on any atom is -0.494 e. The fourth-order valence-electron chi connectivity index (χ4n) is 4.74. The van der Waals surface area contributed by atoms with Gasteiger partial charge in [-0.25, -0.2) is 8.42 Å². The number of sulfone groups is 1. The molecule has 1 heterocycles. The van der Waals surface area contributed by atoms with Crippen LogP contribution >= 0.6 is 0 Å². The molecule has 0 spiro atoms. The zero-order valence-corrected chi connectivity index (χ0v) is 24.1. The van der Waals surface area contributed by atoms with E-state index in [0.29, 0.717) is 35.7 Å². The van der Waals surface area contributed by atoms with Crippen LogP contribution in [-0.2, 0) is 25.6 Å². The first-order chi connectivity index (χ1) is 20.1. The number of ether oxygens (including phenoxy) is 3. The lowest BCUT2D eigenvalue weighted by Gasteiger charge is -2.20. The van der Waals surface area contributed by atoms with Gasteiger partial charge in [0.05, 0.1) is 24.8 Å². The van der Waals surface area contributed by atoms with Crippen molar-refractivity contribution in [3.63, 3.8) is 0 Å². The Morgan fingerprint density at radius 2 is 1.57 bits per heavy atom. The average molecular weight is 593 g/mol. The van der Waals surface area contributed by atoms with Gasteiger partial charge in [-0.2, -0.15) is 0 Å². The van der Waals surface area contributed by atoms with Crippen LogP contribution in [0.15, 0.2) is 91.0 Å². The highest BCUT2D eigenvalue weighted by Crippen LogP contribution is 2.41. The Hall–Kier alpha value is -4.45. The number of hydrogen-bond acceptors (Lipinski definition) is 10. The van der Waals surface area contributed by atoms with Crippen LogP contribution in [0.4, 0.5) is 0 Å². The van der Waals surface area contributed by atoms with Crippen LogP contribution in [0, 0.1) is 0 Å². The smallest absolute Gasteiger partial charge is 0.494 e. The summed E-state index contributed by atoms with van der Waals surface area (Å²) in [4.78, 5) is 1.41. The third-order valence-corrected chi connectivity index (χ3v) is 7.70. The summed E-state index contributed by atoms with van der Waals surface area (Å²) in [7, 11) is -2.42. The molecular formula is C30H32BNO9S. The molecule has 0 fully saturated rings. The van der Waals surface area contributed by atoms with Gasteiger partial charge in [-0.15, -0.1) is 0 Å². The Labute approximate surface area is 245 Å². The number of aliphatic hydroxyl groups is 2. The Kier molecular flexibility index (Phi) is 8.72. The average Bonchev–Trinajstić information content (AvgIpc) is 3.34. The van der Waals surface area contributed by atoms with Gasteiger partial charge in [0, 0.05) is 24.3 Å². The first-order valence-corrected chi connectivity index (χ1v) is 15.5. The second kappa shape index (κ2) is 12.6. The van der Waals surface area contributed by atoms with Gasteiger partial charge >= 0.3 is 7.12 Å². The summed E-state index contributed by atoms with van der Waals surface area (Å²) >= 11 is 0. The Bertz CT molecular complexity index is 1530. The molecular weight excluding hydrogens is 561 g/mol. The van der Waals surface area contributed by atoms with Crippen LogP contribution in [0.2, 0.25) is 0 Å². The Balaban J connectivity index is 1.20. The molecule has 3 aromatic rings. The molecule has 2 N–H and O–H groups in total. The topological polar surface area (TPSA) is 124 Å². The second-order valence-electron chi connectivity index (χ2n) is 10.1. The van der Waals surface area contributed by atoms with E-state index in [1.165, 1.54) is 23.6 Å². The van der Waals surface area contributed by atoms with Crippen molar-refractivity contribution in [1.29, 1.82) is 0 Å². The lowest BCUT2D eigenvalue weighted by molar-refractivity contribution is 0.124. The molecule has 0 saturated heterocycles. The Morgan fingerprint density at radius 1 is 0.929 bits per heavy atom. The van der Waals surface area contributed by atoms with Crippen molar-refractivity contribution in [3.8, 4) is 23.0 Å². The van der Waals surface area contributed by atoms with Crippen molar-refractivity contribution >= 4 is 22.4 Å². The van der Waals surface area contributed by atoms with Crippen LogP contribution in [0.5, 0.6) is 23.0 Å². The number of fused-ring (bicyclic) bond motifs is 1. The van der Waals surface area contributed by atoms with E-state index in [1.807, 2.05) is 30.3 Å². The molecule has 10 nitrogen and oxygen atoms in total. The van der Waals surface area contributed by atoms with Crippen LogP contribution in [0.1, 0.15) is 30.1 Å². The van der Waals surface area contributed by atoms with Gasteiger partial charge in [0.15, 0.2) is 0 Å². The van der Waals surface area contributed by atoms with Crippen molar-refractivity contribution < 1.29 is 42.2 Å². The molecule has 1 aliphatic heterocycles. The molecule has 1 aliphatic carbocycles. The maximum atomic E-state index is 11.3. The molecule has 0 amide bonds. The third-order valence-electron chi connectivity index (χ3n) is 6.67. The zero-order chi connectivity index (χ0) is 29.7. The maximum absolute atomic E-state index is 11.3. The lowest BCUT2D eigenvalue weighted by Crippen LogP contribution is -2.37. The molecule has 0 bridgehead atoms. The molecule has 42 heavy (non-hydrogen) atoms.